The summed E-state index contributed by atoms with van der Waals surface area (Å²) in [4.78, 5) is 37.0. The number of hydrogen-bond donors (Lipinski definition) is 3. The number of halogens is 3. The Balaban J connectivity index is 1.35. The van der Waals surface area contributed by atoms with Crippen molar-refractivity contribution in [2.45, 2.75) is 50.7 Å². The van der Waals surface area contributed by atoms with Gasteiger partial charge >= 0.3 is 12.0 Å². The van der Waals surface area contributed by atoms with Crippen LogP contribution in [0.25, 0.3) is 10.9 Å². The van der Waals surface area contributed by atoms with Crippen molar-refractivity contribution in [1.29, 1.82) is 0 Å². The van der Waals surface area contributed by atoms with Gasteiger partial charge in [0.05, 0.1) is 23.4 Å². The van der Waals surface area contributed by atoms with Crippen LogP contribution in [0.1, 0.15) is 26.7 Å². The molecule has 1 saturated heterocycles. The zero-order valence-corrected chi connectivity index (χ0v) is 23.5. The largest absolute Gasteiger partial charge is 0.480 e. The number of carboxylic acid groups (broad SMARTS) is 1. The number of amides is 1. The average Bonchev–Trinajstić information content (AvgIpc) is 3.77. The molecule has 4 heterocycles. The second kappa shape index (κ2) is 9.89. The van der Waals surface area contributed by atoms with E-state index in [4.69, 9.17) is 16.3 Å². The van der Waals surface area contributed by atoms with Gasteiger partial charge in [-0.25, -0.2) is 18.6 Å². The Morgan fingerprint density at radius 1 is 1.24 bits per heavy atom. The molecule has 2 fully saturated rings. The lowest BCUT2D eigenvalue weighted by atomic mass is 10.0. The number of fused-ring (bicyclic) bond motifs is 3. The van der Waals surface area contributed by atoms with Crippen LogP contribution in [-0.4, -0.2) is 74.4 Å². The molecular weight excluding hydrogens is 560 g/mol. The summed E-state index contributed by atoms with van der Waals surface area (Å²) in [5.74, 6) is -2.75. The SMILES string of the molecule is C[C@@H]1CN(C(=O)O)[C@@H](C)CN1c1ncc(Cl)c(Nc2ccc3c(c2)c2c(c(=O)n3C)OCC(F)(F)[C@H](C3CC3)N2)n1. The molecule has 1 saturated carbocycles. The Kier molecular flexibility index (Phi) is 6.59. The molecule has 2 aliphatic heterocycles. The molecule has 41 heavy (non-hydrogen) atoms. The minimum Gasteiger partial charge on any atom is -0.480 e. The maximum absolute atomic E-state index is 15.0. The number of pyridine rings is 1. The van der Waals surface area contributed by atoms with E-state index in [2.05, 4.69) is 20.6 Å². The van der Waals surface area contributed by atoms with E-state index in [0.717, 1.165) is 0 Å². The number of nitrogens with zero attached hydrogens (tertiary/aromatic N) is 5. The molecule has 1 aliphatic carbocycles. The molecule has 218 valence electrons. The summed E-state index contributed by atoms with van der Waals surface area (Å²) in [6, 6.07) is 3.64. The maximum atomic E-state index is 15.0. The first-order chi connectivity index (χ1) is 19.4. The highest BCUT2D eigenvalue weighted by Crippen LogP contribution is 2.45. The van der Waals surface area contributed by atoms with Crippen LogP contribution in [0.15, 0.2) is 29.2 Å². The quantitative estimate of drug-likeness (QED) is 0.403. The van der Waals surface area contributed by atoms with Gasteiger partial charge in [-0.2, -0.15) is 4.98 Å². The van der Waals surface area contributed by atoms with E-state index in [1.54, 1.807) is 25.2 Å². The highest BCUT2D eigenvalue weighted by molar-refractivity contribution is 6.33. The lowest BCUT2D eigenvalue weighted by molar-refractivity contribution is -0.0579. The predicted octanol–water partition coefficient (Wildman–Crippen LogP) is 4.52. The summed E-state index contributed by atoms with van der Waals surface area (Å²) in [5.41, 5.74) is 0.851. The van der Waals surface area contributed by atoms with E-state index in [9.17, 15) is 23.5 Å². The zero-order chi connectivity index (χ0) is 29.2. The zero-order valence-electron chi connectivity index (χ0n) is 22.7. The van der Waals surface area contributed by atoms with E-state index in [0.29, 0.717) is 54.3 Å². The van der Waals surface area contributed by atoms with Gasteiger partial charge in [-0.15, -0.1) is 0 Å². The van der Waals surface area contributed by atoms with E-state index in [1.807, 2.05) is 18.7 Å². The summed E-state index contributed by atoms with van der Waals surface area (Å²) in [5, 5.41) is 16.4. The topological polar surface area (TPSA) is 125 Å². The van der Waals surface area contributed by atoms with Crippen molar-refractivity contribution in [3.8, 4) is 5.75 Å². The van der Waals surface area contributed by atoms with Crippen LogP contribution in [0.2, 0.25) is 5.02 Å². The Bertz CT molecular complexity index is 1600. The van der Waals surface area contributed by atoms with Crippen molar-refractivity contribution in [2.75, 3.05) is 35.2 Å². The van der Waals surface area contributed by atoms with Gasteiger partial charge in [-0.3, -0.25) is 4.79 Å². The lowest BCUT2D eigenvalue weighted by Gasteiger charge is -2.42. The first-order valence-corrected chi connectivity index (χ1v) is 13.8. The van der Waals surface area contributed by atoms with Crippen molar-refractivity contribution in [2.24, 2.45) is 13.0 Å². The van der Waals surface area contributed by atoms with Gasteiger partial charge in [-0.05, 0) is 50.8 Å². The average molecular weight is 590 g/mol. The van der Waals surface area contributed by atoms with Gasteiger partial charge in [-0.1, -0.05) is 11.6 Å². The fourth-order valence-corrected chi connectivity index (χ4v) is 5.82. The van der Waals surface area contributed by atoms with Gasteiger partial charge in [0.1, 0.15) is 5.02 Å². The molecule has 6 rings (SSSR count). The molecule has 0 radical (unpaired) electrons. The third-order valence-electron chi connectivity index (χ3n) is 8.09. The van der Waals surface area contributed by atoms with Gasteiger partial charge in [0.25, 0.3) is 5.56 Å². The third kappa shape index (κ3) is 4.85. The number of benzene rings is 1. The molecule has 2 aromatic heterocycles. The van der Waals surface area contributed by atoms with Gasteiger partial charge in [0.15, 0.2) is 12.4 Å². The minimum atomic E-state index is -3.14. The molecule has 3 aliphatic rings. The Morgan fingerprint density at radius 2 is 2.00 bits per heavy atom. The molecule has 0 spiro atoms. The number of rotatable bonds is 4. The van der Waals surface area contributed by atoms with Crippen LogP contribution in [0.5, 0.6) is 5.75 Å². The van der Waals surface area contributed by atoms with Crippen LogP contribution >= 0.6 is 11.6 Å². The fraction of sp³-hybridized carbons (Fsp3) is 0.481. The first-order valence-electron chi connectivity index (χ1n) is 13.4. The van der Waals surface area contributed by atoms with Crippen LogP contribution in [0, 0.1) is 5.92 Å². The van der Waals surface area contributed by atoms with Crippen LogP contribution in [-0.2, 0) is 7.05 Å². The molecule has 1 amide bonds. The van der Waals surface area contributed by atoms with E-state index in [1.165, 1.54) is 15.7 Å². The molecule has 1 aromatic carbocycles. The van der Waals surface area contributed by atoms with Crippen molar-refractivity contribution in [3.63, 3.8) is 0 Å². The highest BCUT2D eigenvalue weighted by Gasteiger charge is 2.51. The number of nitrogens with one attached hydrogen (secondary N) is 2. The van der Waals surface area contributed by atoms with Gasteiger partial charge in [0.2, 0.25) is 11.7 Å². The van der Waals surface area contributed by atoms with Crippen molar-refractivity contribution < 1.29 is 23.4 Å². The number of hydrogen-bond acceptors (Lipinski definition) is 8. The molecule has 0 bridgehead atoms. The second-order valence-corrected chi connectivity index (χ2v) is 11.5. The molecule has 3 atom stereocenters. The number of aromatic nitrogens is 3. The van der Waals surface area contributed by atoms with Gasteiger partial charge in [0, 0.05) is 43.3 Å². The smallest absolute Gasteiger partial charge is 0.407 e. The lowest BCUT2D eigenvalue weighted by Crippen LogP contribution is -2.58. The number of ether oxygens (including phenoxy) is 1. The predicted molar refractivity (Wildman–Crippen MR) is 151 cm³/mol. The van der Waals surface area contributed by atoms with E-state index < -0.39 is 30.2 Å². The third-order valence-corrected chi connectivity index (χ3v) is 8.37. The van der Waals surface area contributed by atoms with E-state index >= 15 is 0 Å². The Morgan fingerprint density at radius 3 is 2.71 bits per heavy atom. The number of carbonyl (C=O) groups is 1. The number of aryl methyl sites for hydroxylation is 1. The molecule has 3 aromatic rings. The number of alkyl halides is 2. The summed E-state index contributed by atoms with van der Waals surface area (Å²) in [7, 11) is 1.57. The highest BCUT2D eigenvalue weighted by atomic mass is 35.5. The minimum absolute atomic E-state index is 0.133. The van der Waals surface area contributed by atoms with Crippen molar-refractivity contribution in [1.82, 2.24) is 19.4 Å². The standard InChI is InChI=1S/C27H30ClF2N7O4/c1-13-11-37(26(39)40)14(2)10-36(13)25-31-9-18(28)23(34-25)32-16-6-7-19-17(8-16)20-21(24(38)35(19)3)41-12-27(29,30)22(33-20)15-4-5-15/h6-9,13-15,22,33H,4-5,10-12H2,1-3H3,(H,39,40)(H,31,32,34)/t13-,14+,22+/m1/s1. The van der Waals surface area contributed by atoms with Crippen LogP contribution < -0.4 is 25.8 Å². The summed E-state index contributed by atoms with van der Waals surface area (Å²) < 4.78 is 36.7. The van der Waals surface area contributed by atoms with E-state index in [-0.39, 0.29) is 34.5 Å². The summed E-state index contributed by atoms with van der Waals surface area (Å²) >= 11 is 6.46. The van der Waals surface area contributed by atoms with Crippen LogP contribution in [0.3, 0.4) is 0 Å². The van der Waals surface area contributed by atoms with Crippen LogP contribution in [0.4, 0.5) is 36.7 Å². The summed E-state index contributed by atoms with van der Waals surface area (Å²) in [6.07, 6.45) is 1.88. The molecular formula is C27H30ClF2N7O4. The normalized spacial score (nSPS) is 23.8. The molecule has 14 heteroatoms. The number of anilines is 4. The van der Waals surface area contributed by atoms with Gasteiger partial charge < -0.3 is 34.8 Å². The Hall–Kier alpha value is -3.87. The fourth-order valence-electron chi connectivity index (χ4n) is 5.68. The second-order valence-electron chi connectivity index (χ2n) is 11.1. The molecule has 3 N–H and O–H groups in total. The van der Waals surface area contributed by atoms with Crippen molar-refractivity contribution in [3.05, 3.63) is 39.8 Å². The first kappa shape index (κ1) is 27.3. The number of piperazine rings is 1. The maximum Gasteiger partial charge on any atom is 0.407 e. The van der Waals surface area contributed by atoms with Crippen molar-refractivity contribution >= 4 is 51.7 Å². The monoisotopic (exact) mass is 589 g/mol. The molecule has 0 unspecified atom stereocenters. The summed E-state index contributed by atoms with van der Waals surface area (Å²) in [6.45, 7) is 3.57. The Labute approximate surface area is 239 Å². The molecule has 11 nitrogen and oxygen atoms in total.